The van der Waals surface area contributed by atoms with Gasteiger partial charge in [0, 0.05) is 31.4 Å². The molecule has 0 radical (unpaired) electrons. The molecule has 0 amide bonds. The van der Waals surface area contributed by atoms with Crippen LogP contribution < -0.4 is 9.80 Å². The molecule has 26 heavy (non-hydrogen) atoms. The van der Waals surface area contributed by atoms with Gasteiger partial charge in [0.25, 0.3) is 0 Å². The maximum absolute atomic E-state index is 4.80. The van der Waals surface area contributed by atoms with Gasteiger partial charge in [0.15, 0.2) is 0 Å². The Hall–Kier alpha value is -2.10. The molecule has 0 atom stereocenters. The minimum Gasteiger partial charge on any atom is -0.357 e. The van der Waals surface area contributed by atoms with E-state index in [9.17, 15) is 0 Å². The number of anilines is 3. The quantitative estimate of drug-likeness (QED) is 0.665. The van der Waals surface area contributed by atoms with E-state index in [0.717, 1.165) is 36.1 Å². The van der Waals surface area contributed by atoms with Crippen LogP contribution in [0.2, 0.25) is 0 Å². The van der Waals surface area contributed by atoms with Crippen LogP contribution in [-0.2, 0) is 0 Å². The molecule has 2 aromatic rings. The van der Waals surface area contributed by atoms with Gasteiger partial charge in [-0.3, -0.25) is 0 Å². The Morgan fingerprint density at radius 3 is 2.00 bits per heavy atom. The molecule has 142 valence electrons. The predicted octanol–water partition coefficient (Wildman–Crippen LogP) is 5.41. The number of nitrogens with zero attached hydrogens (tertiary/aromatic N) is 4. The van der Waals surface area contributed by atoms with Gasteiger partial charge in [-0.1, -0.05) is 31.0 Å². The second kappa shape index (κ2) is 8.52. The van der Waals surface area contributed by atoms with Crippen molar-refractivity contribution in [2.75, 3.05) is 29.9 Å². The minimum absolute atomic E-state index is 0.824. The zero-order valence-corrected chi connectivity index (χ0v) is 17.8. The topological polar surface area (TPSA) is 32.3 Å². The van der Waals surface area contributed by atoms with Crippen molar-refractivity contribution < 1.29 is 0 Å². The van der Waals surface area contributed by atoms with Gasteiger partial charge in [0.05, 0.1) is 0 Å². The van der Waals surface area contributed by atoms with Gasteiger partial charge in [-0.15, -0.1) is 0 Å². The zero-order valence-electron chi connectivity index (χ0n) is 17.8. The summed E-state index contributed by atoms with van der Waals surface area (Å²) < 4.78 is 0. The van der Waals surface area contributed by atoms with E-state index in [1.807, 2.05) is 6.92 Å². The van der Waals surface area contributed by atoms with Crippen LogP contribution in [0.3, 0.4) is 0 Å². The van der Waals surface area contributed by atoms with Crippen molar-refractivity contribution in [3.63, 3.8) is 0 Å². The molecule has 0 aliphatic rings. The van der Waals surface area contributed by atoms with Crippen LogP contribution in [0.25, 0.3) is 0 Å². The molecule has 0 fully saturated rings. The van der Waals surface area contributed by atoms with Gasteiger partial charge < -0.3 is 9.80 Å². The van der Waals surface area contributed by atoms with E-state index in [4.69, 9.17) is 9.97 Å². The second-order valence-electron chi connectivity index (χ2n) is 7.28. The molecule has 4 nitrogen and oxygen atoms in total. The zero-order chi connectivity index (χ0) is 19.4. The summed E-state index contributed by atoms with van der Waals surface area (Å²) in [7, 11) is 2.12. The first kappa shape index (κ1) is 20.2. The van der Waals surface area contributed by atoms with Gasteiger partial charge in [-0.25, -0.2) is 9.97 Å². The highest BCUT2D eigenvalue weighted by molar-refractivity contribution is 5.72. The van der Waals surface area contributed by atoms with Crippen molar-refractivity contribution in [3.8, 4) is 0 Å². The van der Waals surface area contributed by atoms with Gasteiger partial charge >= 0.3 is 0 Å². The number of hydrogen-bond donors (Lipinski definition) is 0. The molecule has 0 unspecified atom stereocenters. The molecule has 0 spiro atoms. The van der Waals surface area contributed by atoms with Crippen LogP contribution in [0.5, 0.6) is 0 Å². The van der Waals surface area contributed by atoms with Crippen molar-refractivity contribution in [2.45, 2.75) is 61.3 Å². The summed E-state index contributed by atoms with van der Waals surface area (Å²) in [5.41, 5.74) is 6.24. The van der Waals surface area contributed by atoms with Crippen molar-refractivity contribution in [3.05, 3.63) is 40.2 Å². The number of unbranched alkanes of at least 4 members (excludes halogenated alkanes) is 1. The summed E-state index contributed by atoms with van der Waals surface area (Å²) in [6.45, 7) is 17.1. The molecule has 0 N–H and O–H groups in total. The molecule has 0 aliphatic carbocycles. The largest absolute Gasteiger partial charge is 0.357 e. The third kappa shape index (κ3) is 4.17. The maximum Gasteiger partial charge on any atom is 0.141 e. The lowest BCUT2D eigenvalue weighted by Crippen LogP contribution is -2.27. The molecule has 4 heteroatoms. The molecule has 0 saturated carbocycles. The van der Waals surface area contributed by atoms with Crippen LogP contribution in [0.1, 0.15) is 54.8 Å². The van der Waals surface area contributed by atoms with E-state index in [2.05, 4.69) is 70.5 Å². The molecular formula is C22H34N4. The summed E-state index contributed by atoms with van der Waals surface area (Å²) in [5, 5.41) is 0. The predicted molar refractivity (Wildman–Crippen MR) is 113 cm³/mol. The molecule has 0 saturated heterocycles. The SMILES string of the molecule is CCCCN(CC)c1nc(C)nc(N(C)c2c(C)cc(C)cc2C)c1C. The van der Waals surface area contributed by atoms with Crippen LogP contribution in [0.4, 0.5) is 17.3 Å². The lowest BCUT2D eigenvalue weighted by molar-refractivity contribution is 0.718. The summed E-state index contributed by atoms with van der Waals surface area (Å²) in [6.07, 6.45) is 2.37. The fourth-order valence-corrected chi connectivity index (χ4v) is 3.80. The summed E-state index contributed by atoms with van der Waals surface area (Å²) in [6, 6.07) is 4.48. The van der Waals surface area contributed by atoms with Crippen molar-refractivity contribution in [2.24, 2.45) is 0 Å². The molecular weight excluding hydrogens is 320 g/mol. The Morgan fingerprint density at radius 1 is 0.885 bits per heavy atom. The average molecular weight is 355 g/mol. The van der Waals surface area contributed by atoms with Gasteiger partial charge in [-0.05, 0) is 59.1 Å². The average Bonchev–Trinajstić information content (AvgIpc) is 2.57. The summed E-state index contributed by atoms with van der Waals surface area (Å²) >= 11 is 0. The monoisotopic (exact) mass is 354 g/mol. The molecule has 2 rings (SSSR count). The van der Waals surface area contributed by atoms with Crippen molar-refractivity contribution in [1.29, 1.82) is 0 Å². The van der Waals surface area contributed by atoms with E-state index in [0.29, 0.717) is 0 Å². The van der Waals surface area contributed by atoms with E-state index in [1.54, 1.807) is 0 Å². The highest BCUT2D eigenvalue weighted by Crippen LogP contribution is 2.34. The van der Waals surface area contributed by atoms with E-state index in [-0.39, 0.29) is 0 Å². The van der Waals surface area contributed by atoms with Gasteiger partial charge in [0.2, 0.25) is 0 Å². The van der Waals surface area contributed by atoms with Gasteiger partial charge in [-0.2, -0.15) is 0 Å². The van der Waals surface area contributed by atoms with Crippen LogP contribution in [0, 0.1) is 34.6 Å². The third-order valence-corrected chi connectivity index (χ3v) is 4.96. The Kier molecular flexibility index (Phi) is 6.63. The van der Waals surface area contributed by atoms with E-state index < -0.39 is 0 Å². The molecule has 1 aromatic carbocycles. The Bertz CT molecular complexity index is 744. The van der Waals surface area contributed by atoms with Gasteiger partial charge in [0.1, 0.15) is 17.5 Å². The van der Waals surface area contributed by atoms with Crippen molar-refractivity contribution in [1.82, 2.24) is 9.97 Å². The highest BCUT2D eigenvalue weighted by atomic mass is 15.2. The lowest BCUT2D eigenvalue weighted by atomic mass is 10.0. The minimum atomic E-state index is 0.824. The smallest absolute Gasteiger partial charge is 0.141 e. The van der Waals surface area contributed by atoms with Crippen molar-refractivity contribution >= 4 is 17.3 Å². The number of hydrogen-bond acceptors (Lipinski definition) is 4. The third-order valence-electron chi connectivity index (χ3n) is 4.96. The number of aromatic nitrogens is 2. The maximum atomic E-state index is 4.80. The first-order chi connectivity index (χ1) is 12.3. The fraction of sp³-hybridized carbons (Fsp3) is 0.545. The molecule has 1 aromatic heterocycles. The molecule has 0 aliphatic heterocycles. The fourth-order valence-electron chi connectivity index (χ4n) is 3.80. The van der Waals surface area contributed by atoms with E-state index in [1.165, 1.54) is 35.2 Å². The summed E-state index contributed by atoms with van der Waals surface area (Å²) in [5.74, 6) is 2.89. The molecule has 1 heterocycles. The highest BCUT2D eigenvalue weighted by Gasteiger charge is 2.19. The lowest BCUT2D eigenvalue weighted by Gasteiger charge is -2.29. The Morgan fingerprint density at radius 2 is 1.46 bits per heavy atom. The van der Waals surface area contributed by atoms with Crippen LogP contribution >= 0.6 is 0 Å². The van der Waals surface area contributed by atoms with Crippen LogP contribution in [-0.4, -0.2) is 30.1 Å². The first-order valence-corrected chi connectivity index (χ1v) is 9.71. The van der Waals surface area contributed by atoms with Crippen LogP contribution in [0.15, 0.2) is 12.1 Å². The Labute approximate surface area is 159 Å². The van der Waals surface area contributed by atoms with E-state index >= 15 is 0 Å². The second-order valence-corrected chi connectivity index (χ2v) is 7.28. The normalized spacial score (nSPS) is 10.9. The first-order valence-electron chi connectivity index (χ1n) is 9.71. The molecule has 0 bridgehead atoms. The Balaban J connectivity index is 2.53. The number of benzene rings is 1. The summed E-state index contributed by atoms with van der Waals surface area (Å²) in [4.78, 5) is 14.2. The standard InChI is InChI=1S/C22H34N4/c1-9-11-12-26(10-2)22-18(6)21(23-19(7)24-22)25(8)20-16(4)13-15(3)14-17(20)5/h13-14H,9-12H2,1-8H3. The number of aryl methyl sites for hydroxylation is 4. The number of rotatable bonds is 7.